The van der Waals surface area contributed by atoms with Crippen molar-refractivity contribution in [3.63, 3.8) is 0 Å². The highest BCUT2D eigenvalue weighted by Gasteiger charge is 2.68. The number of anilines is 1. The minimum Gasteiger partial charge on any atom is -0.378 e. The molecule has 11 nitrogen and oxygen atoms in total. The summed E-state index contributed by atoms with van der Waals surface area (Å²) in [4.78, 5) is 18.7. The first-order valence-electron chi connectivity index (χ1n) is 18.1. The number of rotatable bonds is 11. The van der Waals surface area contributed by atoms with Crippen LogP contribution in [0.5, 0.6) is 0 Å². The zero-order chi connectivity index (χ0) is 42.1. The summed E-state index contributed by atoms with van der Waals surface area (Å²) in [6, 6.07) is 9.21. The van der Waals surface area contributed by atoms with Gasteiger partial charge in [0.15, 0.2) is 11.5 Å². The number of aliphatic hydroxyl groups is 1. The second-order valence-electron chi connectivity index (χ2n) is 14.6. The topological polar surface area (TPSA) is 144 Å². The van der Waals surface area contributed by atoms with Crippen LogP contribution < -0.4 is 10.0 Å². The molecular formula is C39H36F7N7O4S. The molecule has 0 spiro atoms. The highest BCUT2D eigenvalue weighted by Crippen LogP contribution is 2.68. The van der Waals surface area contributed by atoms with Gasteiger partial charge in [-0.05, 0) is 73.4 Å². The number of hydrogen-bond donors (Lipinski definition) is 3. The number of aryl methyl sites for hydroxylation is 1. The molecule has 0 saturated heterocycles. The van der Waals surface area contributed by atoms with E-state index >= 15 is 8.78 Å². The minimum atomic E-state index is -5.07. The molecule has 3 heterocycles. The average Bonchev–Trinajstić information content (AvgIpc) is 3.68. The van der Waals surface area contributed by atoms with Crippen LogP contribution in [-0.4, -0.2) is 55.8 Å². The number of sulfonamides is 1. The number of pyridine rings is 1. The van der Waals surface area contributed by atoms with Gasteiger partial charge < -0.3 is 10.4 Å². The van der Waals surface area contributed by atoms with Crippen LogP contribution in [0.2, 0.25) is 0 Å². The van der Waals surface area contributed by atoms with E-state index in [9.17, 15) is 40.3 Å². The number of carbonyl (C=O) groups excluding carboxylic acids is 1. The Balaban J connectivity index is 1.39. The number of benzene rings is 2. The second kappa shape index (κ2) is 14.4. The van der Waals surface area contributed by atoms with E-state index in [0.29, 0.717) is 27.2 Å². The van der Waals surface area contributed by atoms with Gasteiger partial charge in [0, 0.05) is 41.1 Å². The lowest BCUT2D eigenvalue weighted by atomic mass is 9.93. The van der Waals surface area contributed by atoms with Crippen LogP contribution in [0.1, 0.15) is 79.0 Å². The van der Waals surface area contributed by atoms with Gasteiger partial charge in [0.05, 0.1) is 23.5 Å². The largest absolute Gasteiger partial charge is 0.435 e. The van der Waals surface area contributed by atoms with E-state index in [-0.39, 0.29) is 54.0 Å². The predicted octanol–water partition coefficient (Wildman–Crippen LogP) is 6.71. The average molecular weight is 832 g/mol. The fraction of sp³-hybridized carbons (Fsp3) is 0.385. The maximum atomic E-state index is 15.4. The molecule has 1 fully saturated rings. The van der Waals surface area contributed by atoms with Gasteiger partial charge >= 0.3 is 6.18 Å². The lowest BCUT2D eigenvalue weighted by Crippen LogP contribution is -2.35. The monoisotopic (exact) mass is 831 g/mol. The van der Waals surface area contributed by atoms with E-state index in [1.807, 2.05) is 0 Å². The van der Waals surface area contributed by atoms with Crippen molar-refractivity contribution in [2.45, 2.75) is 75.7 Å². The lowest BCUT2D eigenvalue weighted by Gasteiger charge is -2.23. The molecule has 306 valence electrons. The fourth-order valence-corrected chi connectivity index (χ4v) is 8.10. The van der Waals surface area contributed by atoms with Crippen molar-refractivity contribution in [2.75, 3.05) is 11.0 Å². The molecule has 1 unspecified atom stereocenters. The molecule has 0 radical (unpaired) electrons. The van der Waals surface area contributed by atoms with Gasteiger partial charge in [-0.2, -0.15) is 32.1 Å². The van der Waals surface area contributed by atoms with Gasteiger partial charge in [-0.25, -0.2) is 22.2 Å². The molecule has 3 N–H and O–H groups in total. The van der Waals surface area contributed by atoms with Gasteiger partial charge in [0.2, 0.25) is 15.9 Å². The molecule has 3 aromatic heterocycles. The lowest BCUT2D eigenvalue weighted by molar-refractivity contribution is -0.142. The van der Waals surface area contributed by atoms with Crippen LogP contribution in [0.25, 0.3) is 22.0 Å². The molecule has 2 aliphatic carbocycles. The zero-order valence-electron chi connectivity index (χ0n) is 31.3. The van der Waals surface area contributed by atoms with E-state index in [0.717, 1.165) is 18.4 Å². The summed E-state index contributed by atoms with van der Waals surface area (Å²) in [6.45, 7) is 2.39. The SMILES string of the molecule is CCC(O)(C#Cc1ccc(-c2cccc3c(NS(C)(=O)=O)nn(C)c23)c(C(Cc2cc(F)cc(F)c2)NC(=O)Cn2nc(C(F)(F)F)c3c2C(F)(F)[C@@H]2C[C@H]32)n1)CC. The fourth-order valence-electron chi connectivity index (χ4n) is 7.60. The van der Waals surface area contributed by atoms with E-state index in [4.69, 9.17) is 4.98 Å². The van der Waals surface area contributed by atoms with Crippen LogP contribution >= 0.6 is 0 Å². The van der Waals surface area contributed by atoms with Gasteiger partial charge in [0.1, 0.15) is 35.2 Å². The maximum Gasteiger partial charge on any atom is 0.435 e. The van der Waals surface area contributed by atoms with Gasteiger partial charge in [-0.15, -0.1) is 0 Å². The Morgan fingerprint density at radius 3 is 2.38 bits per heavy atom. The first-order chi connectivity index (χ1) is 27.1. The third-order valence-electron chi connectivity index (χ3n) is 10.5. The van der Waals surface area contributed by atoms with Crippen molar-refractivity contribution in [2.24, 2.45) is 13.0 Å². The van der Waals surface area contributed by atoms with Gasteiger partial charge in [-0.3, -0.25) is 18.9 Å². The van der Waals surface area contributed by atoms with Crippen molar-refractivity contribution in [3.05, 3.63) is 94.1 Å². The summed E-state index contributed by atoms with van der Waals surface area (Å²) >= 11 is 0. The summed E-state index contributed by atoms with van der Waals surface area (Å²) in [6.07, 6.45) is -4.11. The van der Waals surface area contributed by atoms with Crippen molar-refractivity contribution in [1.29, 1.82) is 0 Å². The van der Waals surface area contributed by atoms with E-state index < -0.39 is 86.6 Å². The summed E-state index contributed by atoms with van der Waals surface area (Å²) in [5.41, 5.74) is -3.34. The van der Waals surface area contributed by atoms with Crippen molar-refractivity contribution in [1.82, 2.24) is 29.9 Å². The normalized spacial score (nSPS) is 17.7. The Kier molecular flexibility index (Phi) is 10.1. The third-order valence-corrected chi connectivity index (χ3v) is 11.0. The molecule has 2 aliphatic rings. The van der Waals surface area contributed by atoms with Gasteiger partial charge in [0.25, 0.3) is 5.92 Å². The molecule has 2 aromatic carbocycles. The highest BCUT2D eigenvalue weighted by molar-refractivity contribution is 7.92. The smallest absolute Gasteiger partial charge is 0.378 e. The minimum absolute atomic E-state index is 0.00299. The highest BCUT2D eigenvalue weighted by atomic mass is 32.2. The van der Waals surface area contributed by atoms with Crippen LogP contribution in [0.15, 0.2) is 48.5 Å². The van der Waals surface area contributed by atoms with Crippen molar-refractivity contribution in [3.8, 4) is 23.0 Å². The summed E-state index contributed by atoms with van der Waals surface area (Å²) in [5.74, 6) is -3.43. The molecule has 5 aromatic rings. The molecule has 58 heavy (non-hydrogen) atoms. The van der Waals surface area contributed by atoms with E-state index in [2.05, 4.69) is 32.1 Å². The van der Waals surface area contributed by atoms with Gasteiger partial charge in [-0.1, -0.05) is 31.9 Å². The number of halogens is 7. The van der Waals surface area contributed by atoms with Crippen LogP contribution in [-0.2, 0) is 46.9 Å². The number of fused-ring (bicyclic) bond motifs is 4. The molecule has 7 rings (SSSR count). The van der Waals surface area contributed by atoms with E-state index in [1.165, 1.54) is 10.7 Å². The Labute approximate surface area is 327 Å². The molecule has 0 bridgehead atoms. The Hall–Kier alpha value is -5.48. The number of alkyl halides is 5. The summed E-state index contributed by atoms with van der Waals surface area (Å²) < 4.78 is 131. The number of para-hydroxylation sites is 1. The molecule has 1 amide bonds. The molecule has 19 heteroatoms. The van der Waals surface area contributed by atoms with Crippen molar-refractivity contribution >= 4 is 32.7 Å². The Morgan fingerprint density at radius 2 is 1.74 bits per heavy atom. The standard InChI is InChI=1S/C39H36F7N7O4S/c1-5-37(55,6-2)13-12-23-10-11-24(25-8-7-9-26-33(25)52(3)50-36(26)51-58(4,56)57)32(47-23)29(16-20-14-21(40)17-22(41)15-20)48-30(54)19-53-35-31(34(49-53)39(44,45)46)27-18-28(27)38(35,42)43/h7-11,14-15,17,27-29,55H,5-6,16,18-19H2,1-4H3,(H,48,54)(H,50,51)/t27-,28+,29?/m0/s1. The first kappa shape index (κ1) is 40.7. The Morgan fingerprint density at radius 1 is 1.05 bits per heavy atom. The second-order valence-corrected chi connectivity index (χ2v) is 16.4. The number of nitrogens with zero attached hydrogens (tertiary/aromatic N) is 5. The van der Waals surface area contributed by atoms with Crippen LogP contribution in [0.4, 0.5) is 36.6 Å². The van der Waals surface area contributed by atoms with Crippen LogP contribution in [0.3, 0.4) is 0 Å². The molecule has 3 atom stereocenters. The molecule has 1 saturated carbocycles. The summed E-state index contributed by atoms with van der Waals surface area (Å²) in [7, 11) is -2.23. The van der Waals surface area contributed by atoms with Crippen molar-refractivity contribution < 1.29 is 49.1 Å². The number of aromatic nitrogens is 5. The predicted molar refractivity (Wildman–Crippen MR) is 198 cm³/mol. The third kappa shape index (κ3) is 7.74. The number of hydrogen-bond acceptors (Lipinski definition) is 7. The zero-order valence-corrected chi connectivity index (χ0v) is 32.2. The van der Waals surface area contributed by atoms with E-state index in [1.54, 1.807) is 45.2 Å². The first-order valence-corrected chi connectivity index (χ1v) is 20.0. The number of amides is 1. The quantitative estimate of drug-likeness (QED) is 0.0992. The molecular weight excluding hydrogens is 796 g/mol. The summed E-state index contributed by atoms with van der Waals surface area (Å²) in [5, 5.41) is 21.7. The number of nitrogens with one attached hydrogen (secondary N) is 2. The number of carbonyl (C=O) groups is 1. The molecule has 0 aliphatic heterocycles. The van der Waals surface area contributed by atoms with Crippen LogP contribution in [0, 0.1) is 29.4 Å². The Bertz CT molecular complexity index is 2620. The maximum absolute atomic E-state index is 15.4.